The predicted octanol–water partition coefficient (Wildman–Crippen LogP) is 1.95. The van der Waals surface area contributed by atoms with E-state index in [1.807, 2.05) is 12.1 Å². The van der Waals surface area contributed by atoms with Crippen LogP contribution in [0.2, 0.25) is 0 Å². The molecule has 1 aliphatic heterocycles. The third kappa shape index (κ3) is 3.51. The Morgan fingerprint density at radius 3 is 2.87 bits per heavy atom. The number of piperidine rings is 1. The maximum Gasteiger partial charge on any atom is 0.137 e. The minimum absolute atomic E-state index is 0.770. The van der Waals surface area contributed by atoms with Crippen molar-refractivity contribution in [3.05, 3.63) is 24.5 Å². The van der Waals surface area contributed by atoms with Gasteiger partial charge in [-0.05, 0) is 38.1 Å². The Morgan fingerprint density at radius 1 is 1.27 bits per heavy atom. The van der Waals surface area contributed by atoms with Gasteiger partial charge in [0.05, 0.1) is 6.20 Å². The largest absolute Gasteiger partial charge is 0.491 e. The standard InChI is InChI=1S/C12H18N2O/c1-2-7-14(8-3-1)9-10-15-12-5-4-6-13-11-12/h4-6,11H,1-3,7-10H2. The highest BCUT2D eigenvalue weighted by Crippen LogP contribution is 2.09. The predicted molar refractivity (Wildman–Crippen MR) is 60.0 cm³/mol. The molecule has 0 saturated carbocycles. The van der Waals surface area contributed by atoms with Crippen LogP contribution in [0.5, 0.6) is 5.75 Å². The van der Waals surface area contributed by atoms with Gasteiger partial charge in [-0.25, -0.2) is 0 Å². The monoisotopic (exact) mass is 206 g/mol. The average molecular weight is 206 g/mol. The van der Waals surface area contributed by atoms with E-state index in [-0.39, 0.29) is 0 Å². The van der Waals surface area contributed by atoms with Crippen molar-refractivity contribution in [3.8, 4) is 5.75 Å². The molecule has 1 aromatic heterocycles. The summed E-state index contributed by atoms with van der Waals surface area (Å²) in [6, 6.07) is 3.85. The number of hydrogen-bond donors (Lipinski definition) is 0. The van der Waals surface area contributed by atoms with Gasteiger partial charge in [-0.15, -0.1) is 0 Å². The zero-order chi connectivity index (χ0) is 10.3. The van der Waals surface area contributed by atoms with E-state index in [9.17, 15) is 0 Å². The Bertz CT molecular complexity index is 270. The second-order valence-corrected chi connectivity index (χ2v) is 3.94. The molecule has 0 bridgehead atoms. The molecule has 0 N–H and O–H groups in total. The molecular formula is C12H18N2O. The fourth-order valence-electron chi connectivity index (χ4n) is 1.91. The van der Waals surface area contributed by atoms with Gasteiger partial charge in [0.25, 0.3) is 0 Å². The van der Waals surface area contributed by atoms with Gasteiger partial charge in [-0.2, -0.15) is 0 Å². The number of rotatable bonds is 4. The van der Waals surface area contributed by atoms with Crippen molar-refractivity contribution in [2.75, 3.05) is 26.2 Å². The van der Waals surface area contributed by atoms with Crippen molar-refractivity contribution in [1.82, 2.24) is 9.88 Å². The Balaban J connectivity index is 1.66. The molecule has 0 atom stereocenters. The lowest BCUT2D eigenvalue weighted by Gasteiger charge is -2.26. The smallest absolute Gasteiger partial charge is 0.137 e. The van der Waals surface area contributed by atoms with E-state index in [0.29, 0.717) is 0 Å². The van der Waals surface area contributed by atoms with Gasteiger partial charge < -0.3 is 4.74 Å². The first-order chi connectivity index (χ1) is 7.45. The number of nitrogens with zero attached hydrogens (tertiary/aromatic N) is 2. The number of ether oxygens (including phenoxy) is 1. The van der Waals surface area contributed by atoms with Crippen molar-refractivity contribution in [1.29, 1.82) is 0 Å². The third-order valence-corrected chi connectivity index (χ3v) is 2.76. The third-order valence-electron chi connectivity index (χ3n) is 2.76. The summed E-state index contributed by atoms with van der Waals surface area (Å²) >= 11 is 0. The first-order valence-electron chi connectivity index (χ1n) is 5.70. The van der Waals surface area contributed by atoms with Gasteiger partial charge >= 0.3 is 0 Å². The number of hydrogen-bond acceptors (Lipinski definition) is 3. The molecule has 1 fully saturated rings. The normalized spacial score (nSPS) is 17.6. The lowest BCUT2D eigenvalue weighted by molar-refractivity contribution is 0.183. The summed E-state index contributed by atoms with van der Waals surface area (Å²) in [6.45, 7) is 4.27. The number of aromatic nitrogens is 1. The van der Waals surface area contributed by atoms with Crippen LogP contribution in [0.15, 0.2) is 24.5 Å². The van der Waals surface area contributed by atoms with Crippen LogP contribution in [-0.2, 0) is 0 Å². The topological polar surface area (TPSA) is 25.4 Å². The second kappa shape index (κ2) is 5.71. The summed E-state index contributed by atoms with van der Waals surface area (Å²) in [6.07, 6.45) is 7.59. The summed E-state index contributed by atoms with van der Waals surface area (Å²) in [4.78, 5) is 6.48. The molecule has 3 heteroatoms. The minimum Gasteiger partial charge on any atom is -0.491 e. The van der Waals surface area contributed by atoms with E-state index in [2.05, 4.69) is 9.88 Å². The summed E-state index contributed by atoms with van der Waals surface area (Å²) in [5.41, 5.74) is 0. The molecule has 1 aromatic rings. The molecule has 15 heavy (non-hydrogen) atoms. The van der Waals surface area contributed by atoms with Crippen LogP contribution >= 0.6 is 0 Å². The second-order valence-electron chi connectivity index (χ2n) is 3.94. The molecule has 1 saturated heterocycles. The van der Waals surface area contributed by atoms with Crippen LogP contribution in [-0.4, -0.2) is 36.1 Å². The van der Waals surface area contributed by atoms with E-state index in [1.165, 1.54) is 32.4 Å². The van der Waals surface area contributed by atoms with Crippen LogP contribution < -0.4 is 4.74 Å². The highest BCUT2D eigenvalue weighted by atomic mass is 16.5. The highest BCUT2D eigenvalue weighted by Gasteiger charge is 2.09. The minimum atomic E-state index is 0.770. The molecule has 1 aliphatic rings. The number of likely N-dealkylation sites (tertiary alicyclic amines) is 1. The molecule has 2 heterocycles. The van der Waals surface area contributed by atoms with Gasteiger partial charge in [0.15, 0.2) is 0 Å². The first kappa shape index (κ1) is 10.4. The number of pyridine rings is 1. The van der Waals surface area contributed by atoms with E-state index in [0.717, 1.165) is 18.9 Å². The Labute approximate surface area is 91.1 Å². The van der Waals surface area contributed by atoms with Crippen LogP contribution in [0.4, 0.5) is 0 Å². The summed E-state index contributed by atoms with van der Waals surface area (Å²) in [5, 5.41) is 0. The molecular weight excluding hydrogens is 188 g/mol. The first-order valence-corrected chi connectivity index (χ1v) is 5.70. The lowest BCUT2D eigenvalue weighted by atomic mass is 10.1. The zero-order valence-electron chi connectivity index (χ0n) is 9.06. The molecule has 82 valence electrons. The van der Waals surface area contributed by atoms with Crippen LogP contribution in [0, 0.1) is 0 Å². The Morgan fingerprint density at radius 2 is 2.13 bits per heavy atom. The maximum absolute atomic E-state index is 5.60. The highest BCUT2D eigenvalue weighted by molar-refractivity contribution is 5.15. The summed E-state index contributed by atoms with van der Waals surface area (Å²) < 4.78 is 5.60. The Hall–Kier alpha value is -1.09. The molecule has 0 amide bonds. The molecule has 0 radical (unpaired) electrons. The lowest BCUT2D eigenvalue weighted by Crippen LogP contribution is -2.33. The van der Waals surface area contributed by atoms with Gasteiger partial charge in [0.2, 0.25) is 0 Å². The molecule has 3 nitrogen and oxygen atoms in total. The maximum atomic E-state index is 5.60. The average Bonchev–Trinajstić information content (AvgIpc) is 2.32. The van der Waals surface area contributed by atoms with E-state index in [4.69, 9.17) is 4.74 Å². The van der Waals surface area contributed by atoms with E-state index >= 15 is 0 Å². The van der Waals surface area contributed by atoms with Crippen molar-refractivity contribution < 1.29 is 4.74 Å². The Kier molecular flexibility index (Phi) is 3.97. The fourth-order valence-corrected chi connectivity index (χ4v) is 1.91. The van der Waals surface area contributed by atoms with Crippen LogP contribution in [0.1, 0.15) is 19.3 Å². The van der Waals surface area contributed by atoms with E-state index in [1.54, 1.807) is 12.4 Å². The quantitative estimate of drug-likeness (QED) is 0.753. The van der Waals surface area contributed by atoms with Crippen LogP contribution in [0.25, 0.3) is 0 Å². The SMILES string of the molecule is c1cncc(OCCN2CCCCC2)c1. The van der Waals surface area contributed by atoms with Gasteiger partial charge in [-0.1, -0.05) is 6.42 Å². The molecule has 0 aromatic carbocycles. The van der Waals surface area contributed by atoms with E-state index < -0.39 is 0 Å². The van der Waals surface area contributed by atoms with Gasteiger partial charge in [0, 0.05) is 12.7 Å². The van der Waals surface area contributed by atoms with Gasteiger partial charge in [0.1, 0.15) is 12.4 Å². The van der Waals surface area contributed by atoms with Crippen molar-refractivity contribution in [3.63, 3.8) is 0 Å². The molecule has 0 spiro atoms. The van der Waals surface area contributed by atoms with Gasteiger partial charge in [-0.3, -0.25) is 9.88 Å². The summed E-state index contributed by atoms with van der Waals surface area (Å²) in [7, 11) is 0. The molecule has 0 unspecified atom stereocenters. The van der Waals surface area contributed by atoms with Crippen molar-refractivity contribution in [2.24, 2.45) is 0 Å². The summed E-state index contributed by atoms with van der Waals surface area (Å²) in [5.74, 6) is 0.870. The van der Waals surface area contributed by atoms with Crippen molar-refractivity contribution in [2.45, 2.75) is 19.3 Å². The molecule has 0 aliphatic carbocycles. The van der Waals surface area contributed by atoms with Crippen molar-refractivity contribution >= 4 is 0 Å². The molecule has 2 rings (SSSR count). The zero-order valence-corrected chi connectivity index (χ0v) is 9.06. The fraction of sp³-hybridized carbons (Fsp3) is 0.583. The van der Waals surface area contributed by atoms with Crippen LogP contribution in [0.3, 0.4) is 0 Å².